The van der Waals surface area contributed by atoms with Gasteiger partial charge in [-0.05, 0) is 38.0 Å². The maximum absolute atomic E-state index is 12.7. The monoisotopic (exact) mass is 267 g/mol. The highest BCUT2D eigenvalue weighted by molar-refractivity contribution is 5.84. The smallest absolute Gasteiger partial charge is 0.309 e. The summed E-state index contributed by atoms with van der Waals surface area (Å²) in [7, 11) is 0. The number of aliphatic carboxylic acids is 1. The molecule has 0 atom stereocenters. The summed E-state index contributed by atoms with van der Waals surface area (Å²) in [6.45, 7) is 3.42. The lowest BCUT2D eigenvalue weighted by atomic mass is 9.89. The zero-order valence-corrected chi connectivity index (χ0v) is 11.1. The van der Waals surface area contributed by atoms with Crippen molar-refractivity contribution in [2.75, 3.05) is 6.54 Å². The number of carboxylic acid groups (broad SMARTS) is 1. The first-order valence-electron chi connectivity index (χ1n) is 6.06. The van der Waals surface area contributed by atoms with Gasteiger partial charge < -0.3 is 10.4 Å². The summed E-state index contributed by atoms with van der Waals surface area (Å²) < 4.78 is 12.7. The number of carboxylic acids is 1. The lowest BCUT2D eigenvalue weighted by molar-refractivity contribution is -0.149. The molecule has 0 aliphatic carbocycles. The zero-order valence-electron chi connectivity index (χ0n) is 11.1. The number of carbonyl (C=O) groups is 2. The summed E-state index contributed by atoms with van der Waals surface area (Å²) in [6, 6.07) is 6.04. The van der Waals surface area contributed by atoms with Crippen LogP contribution in [0.1, 0.15) is 25.8 Å². The Labute approximate surface area is 111 Å². The molecule has 1 rings (SSSR count). The van der Waals surface area contributed by atoms with E-state index in [4.69, 9.17) is 5.11 Å². The fourth-order valence-electron chi connectivity index (χ4n) is 1.54. The third-order valence-electron chi connectivity index (χ3n) is 2.83. The predicted octanol–water partition coefficient (Wildman–Crippen LogP) is 1.99. The Balaban J connectivity index is 2.35. The first kappa shape index (κ1) is 15.1. The summed E-state index contributed by atoms with van der Waals surface area (Å²) in [4.78, 5) is 22.4. The summed E-state index contributed by atoms with van der Waals surface area (Å²) in [5.74, 6) is -1.59. The molecule has 0 radical (unpaired) electrons. The van der Waals surface area contributed by atoms with Crippen LogP contribution in [0.15, 0.2) is 24.3 Å². The van der Waals surface area contributed by atoms with Gasteiger partial charge in [-0.25, -0.2) is 4.39 Å². The summed E-state index contributed by atoms with van der Waals surface area (Å²) in [6.07, 6.45) is 0.519. The average molecular weight is 267 g/mol. The third-order valence-corrected chi connectivity index (χ3v) is 2.83. The van der Waals surface area contributed by atoms with Gasteiger partial charge in [0.05, 0.1) is 5.41 Å². The van der Waals surface area contributed by atoms with Crippen molar-refractivity contribution in [1.82, 2.24) is 5.32 Å². The minimum Gasteiger partial charge on any atom is -0.481 e. The lowest BCUT2D eigenvalue weighted by Gasteiger charge is -2.18. The van der Waals surface area contributed by atoms with E-state index >= 15 is 0 Å². The molecule has 0 saturated heterocycles. The SMILES string of the molecule is CC(C)(CC(=O)NCCc1ccc(F)cc1)C(=O)O. The Morgan fingerprint density at radius 3 is 2.37 bits per heavy atom. The zero-order chi connectivity index (χ0) is 14.5. The van der Waals surface area contributed by atoms with Crippen LogP contribution < -0.4 is 5.32 Å². The standard InChI is InChI=1S/C14H18FNO3/c1-14(2,13(18)19)9-12(17)16-8-7-10-3-5-11(15)6-4-10/h3-6H,7-9H2,1-2H3,(H,16,17)(H,18,19). The number of benzene rings is 1. The van der Waals surface area contributed by atoms with Crippen molar-refractivity contribution in [1.29, 1.82) is 0 Å². The molecule has 2 N–H and O–H groups in total. The average Bonchev–Trinajstić information content (AvgIpc) is 2.31. The quantitative estimate of drug-likeness (QED) is 0.828. The Bertz CT molecular complexity index is 454. The van der Waals surface area contributed by atoms with E-state index < -0.39 is 11.4 Å². The van der Waals surface area contributed by atoms with Gasteiger partial charge in [0.15, 0.2) is 0 Å². The highest BCUT2D eigenvalue weighted by Gasteiger charge is 2.29. The van der Waals surface area contributed by atoms with E-state index in [0.29, 0.717) is 13.0 Å². The molecule has 0 fully saturated rings. The summed E-state index contributed by atoms with van der Waals surface area (Å²) in [5.41, 5.74) is -0.154. The van der Waals surface area contributed by atoms with Crippen LogP contribution in [0, 0.1) is 11.2 Å². The van der Waals surface area contributed by atoms with Crippen LogP contribution in [-0.2, 0) is 16.0 Å². The molecule has 0 unspecified atom stereocenters. The normalized spacial score (nSPS) is 11.1. The molecule has 0 heterocycles. The highest BCUT2D eigenvalue weighted by Crippen LogP contribution is 2.19. The third kappa shape index (κ3) is 5.07. The van der Waals surface area contributed by atoms with Crippen molar-refractivity contribution in [2.24, 2.45) is 5.41 Å². The van der Waals surface area contributed by atoms with E-state index in [9.17, 15) is 14.0 Å². The molecule has 0 aliphatic rings. The van der Waals surface area contributed by atoms with Gasteiger partial charge >= 0.3 is 5.97 Å². The molecule has 5 heteroatoms. The van der Waals surface area contributed by atoms with E-state index in [-0.39, 0.29) is 18.1 Å². The molecule has 104 valence electrons. The number of amides is 1. The molecule has 0 spiro atoms. The van der Waals surface area contributed by atoms with Gasteiger partial charge in [0.25, 0.3) is 0 Å². The van der Waals surface area contributed by atoms with Crippen LogP contribution in [0.4, 0.5) is 4.39 Å². The second-order valence-corrected chi connectivity index (χ2v) is 5.09. The number of halogens is 1. The maximum Gasteiger partial charge on any atom is 0.309 e. The first-order valence-corrected chi connectivity index (χ1v) is 6.06. The molecule has 19 heavy (non-hydrogen) atoms. The lowest BCUT2D eigenvalue weighted by Crippen LogP contribution is -2.34. The molecule has 1 aromatic carbocycles. The van der Waals surface area contributed by atoms with Crippen LogP contribution in [0.2, 0.25) is 0 Å². The van der Waals surface area contributed by atoms with Crippen LogP contribution in [0.5, 0.6) is 0 Å². The Morgan fingerprint density at radius 2 is 1.84 bits per heavy atom. The largest absolute Gasteiger partial charge is 0.481 e. The van der Waals surface area contributed by atoms with Crippen molar-refractivity contribution in [3.05, 3.63) is 35.6 Å². The van der Waals surface area contributed by atoms with E-state index in [1.54, 1.807) is 12.1 Å². The summed E-state index contributed by atoms with van der Waals surface area (Å²) in [5, 5.41) is 11.6. The maximum atomic E-state index is 12.7. The van der Waals surface area contributed by atoms with Crippen molar-refractivity contribution in [2.45, 2.75) is 26.7 Å². The molecule has 0 aliphatic heterocycles. The molecule has 0 aromatic heterocycles. The molecule has 0 bridgehead atoms. The van der Waals surface area contributed by atoms with E-state index in [0.717, 1.165) is 5.56 Å². The van der Waals surface area contributed by atoms with Crippen LogP contribution >= 0.6 is 0 Å². The summed E-state index contributed by atoms with van der Waals surface area (Å²) >= 11 is 0. The Morgan fingerprint density at radius 1 is 1.26 bits per heavy atom. The van der Waals surface area contributed by atoms with Crippen LogP contribution in [-0.4, -0.2) is 23.5 Å². The van der Waals surface area contributed by atoms with Gasteiger partial charge in [0.1, 0.15) is 5.82 Å². The minimum absolute atomic E-state index is 0.0637. The second kappa shape index (κ2) is 6.31. The first-order chi connectivity index (χ1) is 8.81. The van der Waals surface area contributed by atoms with Gasteiger partial charge in [-0.15, -0.1) is 0 Å². The second-order valence-electron chi connectivity index (χ2n) is 5.09. The van der Waals surface area contributed by atoms with E-state index in [1.807, 2.05) is 0 Å². The molecule has 1 aromatic rings. The number of hydrogen-bond acceptors (Lipinski definition) is 2. The Hall–Kier alpha value is -1.91. The molecule has 1 amide bonds. The number of carbonyl (C=O) groups excluding carboxylic acids is 1. The topological polar surface area (TPSA) is 66.4 Å². The van der Waals surface area contributed by atoms with E-state index in [1.165, 1.54) is 26.0 Å². The van der Waals surface area contributed by atoms with Gasteiger partial charge in [0.2, 0.25) is 5.91 Å². The van der Waals surface area contributed by atoms with E-state index in [2.05, 4.69) is 5.32 Å². The van der Waals surface area contributed by atoms with Crippen molar-refractivity contribution in [3.8, 4) is 0 Å². The minimum atomic E-state index is -1.07. The fourth-order valence-corrected chi connectivity index (χ4v) is 1.54. The number of hydrogen-bond donors (Lipinski definition) is 2. The van der Waals surface area contributed by atoms with Crippen LogP contribution in [0.3, 0.4) is 0 Å². The van der Waals surface area contributed by atoms with Gasteiger partial charge in [-0.1, -0.05) is 12.1 Å². The van der Waals surface area contributed by atoms with Crippen molar-refractivity contribution >= 4 is 11.9 Å². The van der Waals surface area contributed by atoms with Gasteiger partial charge in [0, 0.05) is 13.0 Å². The van der Waals surface area contributed by atoms with Crippen molar-refractivity contribution < 1.29 is 19.1 Å². The van der Waals surface area contributed by atoms with Gasteiger partial charge in [-0.3, -0.25) is 9.59 Å². The van der Waals surface area contributed by atoms with Crippen molar-refractivity contribution in [3.63, 3.8) is 0 Å². The molecule has 4 nitrogen and oxygen atoms in total. The highest BCUT2D eigenvalue weighted by atomic mass is 19.1. The number of nitrogens with one attached hydrogen (secondary N) is 1. The molecule has 0 saturated carbocycles. The Kier molecular flexibility index (Phi) is 5.03. The molecular weight excluding hydrogens is 249 g/mol. The molecular formula is C14H18FNO3. The van der Waals surface area contributed by atoms with Crippen LogP contribution in [0.25, 0.3) is 0 Å². The fraction of sp³-hybridized carbons (Fsp3) is 0.429. The predicted molar refractivity (Wildman–Crippen MR) is 69.1 cm³/mol. The van der Waals surface area contributed by atoms with Gasteiger partial charge in [-0.2, -0.15) is 0 Å². The number of rotatable bonds is 6.